The Labute approximate surface area is 117 Å². The summed E-state index contributed by atoms with van der Waals surface area (Å²) in [5.41, 5.74) is 3.70. The number of nitrogens with two attached hydrogens (primary N) is 1. The molecule has 1 atom stereocenters. The molecule has 1 unspecified atom stereocenters. The molecule has 0 bridgehead atoms. The van der Waals surface area contributed by atoms with Crippen molar-refractivity contribution in [2.24, 2.45) is 11.7 Å². The van der Waals surface area contributed by atoms with E-state index in [4.69, 9.17) is 10.5 Å². The molecule has 1 aromatic heterocycles. The summed E-state index contributed by atoms with van der Waals surface area (Å²) in [5, 5.41) is 0. The lowest BCUT2D eigenvalue weighted by Gasteiger charge is -2.36. The van der Waals surface area contributed by atoms with E-state index >= 15 is 0 Å². The Morgan fingerprint density at radius 1 is 1.45 bits per heavy atom. The molecular weight excluding hydrogens is 260 g/mol. The van der Waals surface area contributed by atoms with Crippen molar-refractivity contribution in [2.75, 3.05) is 13.1 Å². The van der Waals surface area contributed by atoms with Gasteiger partial charge in [-0.05, 0) is 12.8 Å². The summed E-state index contributed by atoms with van der Waals surface area (Å²) in [6.07, 6.45) is 4.04. The number of likely N-dealkylation sites (tertiary alicyclic amines) is 1. The van der Waals surface area contributed by atoms with Crippen LogP contribution in [0.5, 0.6) is 0 Å². The fraction of sp³-hybridized carbons (Fsp3) is 0.615. The number of amides is 2. The van der Waals surface area contributed by atoms with Crippen LogP contribution in [0.2, 0.25) is 0 Å². The van der Waals surface area contributed by atoms with Crippen LogP contribution in [0.15, 0.2) is 12.4 Å². The Morgan fingerprint density at radius 3 is 2.55 bits per heavy atom. The maximum Gasteiger partial charge on any atom is 0.406 e. The summed E-state index contributed by atoms with van der Waals surface area (Å²) >= 11 is 0. The highest BCUT2D eigenvalue weighted by Crippen LogP contribution is 2.35. The molecule has 1 aliphatic heterocycles. The summed E-state index contributed by atoms with van der Waals surface area (Å²) in [6, 6.07) is 0. The number of primary amides is 1. The van der Waals surface area contributed by atoms with Crippen LogP contribution in [0.1, 0.15) is 32.5 Å². The maximum absolute atomic E-state index is 12.9. The number of nitrogens with one attached hydrogen (secondary N) is 1. The van der Waals surface area contributed by atoms with Crippen LogP contribution < -0.4 is 5.73 Å². The number of hydrogen-bond donors (Lipinski definition) is 2. The van der Waals surface area contributed by atoms with Gasteiger partial charge in [0.1, 0.15) is 0 Å². The molecule has 110 valence electrons. The number of nitrogens with zero attached hydrogens (tertiary/aromatic N) is 2. The Kier molecular flexibility index (Phi) is 3.96. The highest BCUT2D eigenvalue weighted by molar-refractivity contribution is 5.88. The first-order valence-corrected chi connectivity index (χ1v) is 6.76. The second-order valence-electron chi connectivity index (χ2n) is 5.25. The highest BCUT2D eigenvalue weighted by atomic mass is 16.6. The Hall–Kier alpha value is -2.05. The minimum absolute atomic E-state index is 0.265. The van der Waals surface area contributed by atoms with Crippen LogP contribution >= 0.6 is 0 Å². The zero-order valence-electron chi connectivity index (χ0n) is 11.8. The van der Waals surface area contributed by atoms with E-state index in [0.29, 0.717) is 18.9 Å². The van der Waals surface area contributed by atoms with Crippen LogP contribution in [-0.4, -0.2) is 40.0 Å². The van der Waals surface area contributed by atoms with Crippen LogP contribution in [0.4, 0.5) is 4.79 Å². The number of aromatic amines is 1. The molecule has 2 heterocycles. The molecule has 0 spiro atoms. The van der Waals surface area contributed by atoms with Gasteiger partial charge in [0.2, 0.25) is 0 Å². The summed E-state index contributed by atoms with van der Waals surface area (Å²) < 4.78 is 5.27. The summed E-state index contributed by atoms with van der Waals surface area (Å²) in [6.45, 7) is 4.94. The van der Waals surface area contributed by atoms with Crippen LogP contribution in [0, 0.1) is 5.92 Å². The number of rotatable bonds is 4. The van der Waals surface area contributed by atoms with Crippen molar-refractivity contribution in [1.82, 2.24) is 14.9 Å². The van der Waals surface area contributed by atoms with E-state index in [-0.39, 0.29) is 11.8 Å². The standard InChI is InChI=1S/C13H20N4O3/c1-9(2)13(20-12(14)19,10-15-5-6-16-10)11(18)17-7-3-4-8-17/h5-6,9H,3-4,7-8H2,1-2H3,(H2,14,19)(H,15,16). The largest absolute Gasteiger partial charge is 0.424 e. The lowest BCUT2D eigenvalue weighted by Crippen LogP contribution is -2.53. The molecule has 0 aliphatic carbocycles. The molecule has 0 aromatic carbocycles. The molecule has 3 N–H and O–H groups in total. The third-order valence-corrected chi connectivity index (χ3v) is 3.64. The third-order valence-electron chi connectivity index (χ3n) is 3.64. The maximum atomic E-state index is 12.9. The van der Waals surface area contributed by atoms with Crippen molar-refractivity contribution in [3.8, 4) is 0 Å². The minimum atomic E-state index is -1.49. The van der Waals surface area contributed by atoms with E-state index in [2.05, 4.69) is 9.97 Å². The number of aromatic nitrogens is 2. The Morgan fingerprint density at radius 2 is 2.10 bits per heavy atom. The number of ether oxygens (including phenoxy) is 1. The zero-order chi connectivity index (χ0) is 14.8. The van der Waals surface area contributed by atoms with Crippen molar-refractivity contribution in [3.63, 3.8) is 0 Å². The van der Waals surface area contributed by atoms with Gasteiger partial charge in [0.25, 0.3) is 11.5 Å². The van der Waals surface area contributed by atoms with Crippen molar-refractivity contribution >= 4 is 12.0 Å². The van der Waals surface area contributed by atoms with E-state index in [1.807, 2.05) is 0 Å². The minimum Gasteiger partial charge on any atom is -0.424 e. The van der Waals surface area contributed by atoms with Gasteiger partial charge >= 0.3 is 6.09 Å². The van der Waals surface area contributed by atoms with Crippen molar-refractivity contribution in [1.29, 1.82) is 0 Å². The quantitative estimate of drug-likeness (QED) is 0.858. The zero-order valence-corrected chi connectivity index (χ0v) is 11.8. The molecule has 0 radical (unpaired) electrons. The molecule has 2 amide bonds. The topological polar surface area (TPSA) is 101 Å². The fourth-order valence-electron chi connectivity index (χ4n) is 2.61. The molecule has 1 aromatic rings. The first kappa shape index (κ1) is 14.4. The molecule has 20 heavy (non-hydrogen) atoms. The molecule has 0 saturated carbocycles. The second kappa shape index (κ2) is 5.52. The molecule has 7 heteroatoms. The van der Waals surface area contributed by atoms with Crippen LogP contribution in [-0.2, 0) is 15.1 Å². The average molecular weight is 280 g/mol. The van der Waals surface area contributed by atoms with Crippen LogP contribution in [0.3, 0.4) is 0 Å². The van der Waals surface area contributed by atoms with Gasteiger partial charge in [-0.1, -0.05) is 13.8 Å². The number of H-pyrrole nitrogens is 1. The fourth-order valence-corrected chi connectivity index (χ4v) is 2.61. The molecule has 7 nitrogen and oxygen atoms in total. The van der Waals surface area contributed by atoms with Gasteiger partial charge in [0.15, 0.2) is 5.82 Å². The summed E-state index contributed by atoms with van der Waals surface area (Å²) in [7, 11) is 0. The first-order valence-electron chi connectivity index (χ1n) is 6.76. The van der Waals surface area contributed by atoms with Crippen LogP contribution in [0.25, 0.3) is 0 Å². The van der Waals surface area contributed by atoms with Crippen molar-refractivity contribution in [2.45, 2.75) is 32.3 Å². The Bertz CT molecular complexity index is 480. The SMILES string of the molecule is CC(C)C(OC(N)=O)(C(=O)N1CCCC1)c1ncc[nH]1. The van der Waals surface area contributed by atoms with Gasteiger partial charge in [-0.25, -0.2) is 9.78 Å². The lowest BCUT2D eigenvalue weighted by atomic mass is 9.87. The normalized spacial score (nSPS) is 18.1. The Balaban J connectivity index is 2.45. The van der Waals surface area contributed by atoms with E-state index in [0.717, 1.165) is 12.8 Å². The van der Waals surface area contributed by atoms with Crippen molar-refractivity contribution < 1.29 is 14.3 Å². The van der Waals surface area contributed by atoms with E-state index in [9.17, 15) is 9.59 Å². The van der Waals surface area contributed by atoms with E-state index < -0.39 is 11.7 Å². The number of imidazole rings is 1. The summed E-state index contributed by atoms with van der Waals surface area (Å²) in [4.78, 5) is 32.9. The molecule has 1 aliphatic rings. The van der Waals surface area contributed by atoms with Gasteiger partial charge in [0, 0.05) is 31.4 Å². The second-order valence-corrected chi connectivity index (χ2v) is 5.25. The predicted molar refractivity (Wildman–Crippen MR) is 71.6 cm³/mol. The van der Waals surface area contributed by atoms with Gasteiger partial charge in [-0.15, -0.1) is 0 Å². The molecule has 1 fully saturated rings. The van der Waals surface area contributed by atoms with E-state index in [1.54, 1.807) is 24.9 Å². The van der Waals surface area contributed by atoms with Crippen molar-refractivity contribution in [3.05, 3.63) is 18.2 Å². The van der Waals surface area contributed by atoms with Gasteiger partial charge < -0.3 is 20.4 Å². The average Bonchev–Trinajstić information content (AvgIpc) is 3.06. The predicted octanol–water partition coefficient (Wildman–Crippen LogP) is 0.979. The van der Waals surface area contributed by atoms with E-state index in [1.165, 1.54) is 6.20 Å². The first-order chi connectivity index (χ1) is 9.48. The van der Waals surface area contributed by atoms with Gasteiger partial charge in [-0.3, -0.25) is 4.79 Å². The lowest BCUT2D eigenvalue weighted by molar-refractivity contribution is -0.157. The summed E-state index contributed by atoms with van der Waals surface area (Å²) in [5.74, 6) is -0.254. The molecule has 2 rings (SSSR count). The number of carbonyl (C=O) groups excluding carboxylic acids is 2. The monoisotopic (exact) mass is 280 g/mol. The number of hydrogen-bond acceptors (Lipinski definition) is 4. The molecular formula is C13H20N4O3. The third kappa shape index (κ3) is 2.35. The van der Waals surface area contributed by atoms with Gasteiger partial charge in [0.05, 0.1) is 0 Å². The number of carbonyl (C=O) groups is 2. The smallest absolute Gasteiger partial charge is 0.406 e. The highest BCUT2D eigenvalue weighted by Gasteiger charge is 2.51. The molecule has 1 saturated heterocycles. The van der Waals surface area contributed by atoms with Gasteiger partial charge in [-0.2, -0.15) is 0 Å².